The molecule has 2 N–H and O–H groups in total. The van der Waals surface area contributed by atoms with Crippen molar-refractivity contribution in [2.75, 3.05) is 25.0 Å². The van der Waals surface area contributed by atoms with Crippen molar-refractivity contribution in [1.29, 1.82) is 0 Å². The maximum Gasteiger partial charge on any atom is 0.255 e. The van der Waals surface area contributed by atoms with Gasteiger partial charge in [0.2, 0.25) is 5.91 Å². The topological polar surface area (TPSA) is 83.6 Å². The standard InChI is InChI=1S/C16H22N4O3S/c21-14(17-10-3-4-10)9-20-6-5-11-13(8-20)24-16(18-11)19-15(22)12-2-1-7-23-12/h10,12H,1-9H2,(H,17,21)(H,18,19,22). The van der Waals surface area contributed by atoms with Crippen molar-refractivity contribution in [1.82, 2.24) is 15.2 Å². The van der Waals surface area contributed by atoms with E-state index >= 15 is 0 Å². The van der Waals surface area contributed by atoms with E-state index in [1.54, 1.807) is 0 Å². The van der Waals surface area contributed by atoms with Crippen LogP contribution in [-0.2, 0) is 27.3 Å². The third kappa shape index (κ3) is 3.76. The molecule has 2 aliphatic heterocycles. The molecule has 0 aromatic carbocycles. The fourth-order valence-corrected chi connectivity index (χ4v) is 4.16. The van der Waals surface area contributed by atoms with Crippen molar-refractivity contribution in [2.45, 2.75) is 50.8 Å². The van der Waals surface area contributed by atoms with Gasteiger partial charge in [0.1, 0.15) is 6.10 Å². The summed E-state index contributed by atoms with van der Waals surface area (Å²) in [6, 6.07) is 0.404. The Morgan fingerprint density at radius 2 is 2.21 bits per heavy atom. The van der Waals surface area contributed by atoms with E-state index in [1.807, 2.05) is 0 Å². The van der Waals surface area contributed by atoms with E-state index in [9.17, 15) is 9.59 Å². The fraction of sp³-hybridized carbons (Fsp3) is 0.688. The van der Waals surface area contributed by atoms with E-state index < -0.39 is 0 Å². The van der Waals surface area contributed by atoms with Gasteiger partial charge in [-0.3, -0.25) is 19.8 Å². The summed E-state index contributed by atoms with van der Waals surface area (Å²) in [6.07, 6.45) is 4.41. The van der Waals surface area contributed by atoms with Crippen LogP contribution in [0.2, 0.25) is 0 Å². The number of ether oxygens (including phenoxy) is 1. The molecule has 1 saturated heterocycles. The Morgan fingerprint density at radius 1 is 1.33 bits per heavy atom. The maximum atomic E-state index is 12.1. The van der Waals surface area contributed by atoms with Crippen molar-refractivity contribution >= 4 is 28.3 Å². The van der Waals surface area contributed by atoms with Gasteiger partial charge in [-0.2, -0.15) is 0 Å². The lowest BCUT2D eigenvalue weighted by Crippen LogP contribution is -2.40. The Bertz CT molecular complexity index is 637. The van der Waals surface area contributed by atoms with Crippen LogP contribution in [0.4, 0.5) is 5.13 Å². The first-order chi connectivity index (χ1) is 11.7. The van der Waals surface area contributed by atoms with Crippen LogP contribution in [0.1, 0.15) is 36.3 Å². The summed E-state index contributed by atoms with van der Waals surface area (Å²) in [5, 5.41) is 6.54. The Balaban J connectivity index is 1.33. The molecule has 7 nitrogen and oxygen atoms in total. The molecule has 0 radical (unpaired) electrons. The normalized spacial score (nSPS) is 23.8. The zero-order valence-electron chi connectivity index (χ0n) is 13.5. The van der Waals surface area contributed by atoms with Gasteiger partial charge in [-0.25, -0.2) is 4.98 Å². The number of fused-ring (bicyclic) bond motifs is 1. The van der Waals surface area contributed by atoms with Crippen molar-refractivity contribution < 1.29 is 14.3 Å². The molecule has 3 heterocycles. The molecule has 24 heavy (non-hydrogen) atoms. The smallest absolute Gasteiger partial charge is 0.255 e. The average Bonchev–Trinajstić information content (AvgIpc) is 3.05. The first kappa shape index (κ1) is 16.0. The third-order valence-corrected chi connectivity index (χ3v) is 5.57. The van der Waals surface area contributed by atoms with Crippen LogP contribution in [0.3, 0.4) is 0 Å². The number of carbonyl (C=O) groups is 2. The van der Waals surface area contributed by atoms with Crippen LogP contribution in [0.5, 0.6) is 0 Å². The molecule has 1 aromatic heterocycles. The molecule has 0 bridgehead atoms. The zero-order valence-corrected chi connectivity index (χ0v) is 14.4. The molecule has 4 rings (SSSR count). The number of hydrogen-bond donors (Lipinski definition) is 2. The summed E-state index contributed by atoms with van der Waals surface area (Å²) in [7, 11) is 0. The molecule has 1 aromatic rings. The molecule has 2 fully saturated rings. The van der Waals surface area contributed by atoms with E-state index in [2.05, 4.69) is 20.5 Å². The van der Waals surface area contributed by atoms with E-state index in [1.165, 1.54) is 11.3 Å². The predicted molar refractivity (Wildman–Crippen MR) is 89.9 cm³/mol. The Labute approximate surface area is 144 Å². The van der Waals surface area contributed by atoms with Gasteiger partial charge in [-0.05, 0) is 25.7 Å². The fourth-order valence-electron chi connectivity index (χ4n) is 3.11. The highest BCUT2D eigenvalue weighted by Crippen LogP contribution is 2.29. The summed E-state index contributed by atoms with van der Waals surface area (Å²) in [5.74, 6) is 0.0108. The number of aromatic nitrogens is 1. The highest BCUT2D eigenvalue weighted by Gasteiger charge is 2.28. The highest BCUT2D eigenvalue weighted by atomic mass is 32.1. The molecule has 1 unspecified atom stereocenters. The predicted octanol–water partition coefficient (Wildman–Crippen LogP) is 0.897. The highest BCUT2D eigenvalue weighted by molar-refractivity contribution is 7.15. The molecule has 130 valence electrons. The molecule has 8 heteroatoms. The lowest BCUT2D eigenvalue weighted by Gasteiger charge is -2.25. The lowest BCUT2D eigenvalue weighted by atomic mass is 10.2. The molecule has 2 amide bonds. The summed E-state index contributed by atoms with van der Waals surface area (Å²) in [4.78, 5) is 31.9. The van der Waals surface area contributed by atoms with Crippen molar-refractivity contribution in [2.24, 2.45) is 0 Å². The molecule has 1 saturated carbocycles. The van der Waals surface area contributed by atoms with Crippen LogP contribution in [-0.4, -0.2) is 53.5 Å². The van der Waals surface area contributed by atoms with Crippen molar-refractivity contribution in [3.63, 3.8) is 0 Å². The minimum absolute atomic E-state index is 0.0979. The van der Waals surface area contributed by atoms with E-state index in [-0.39, 0.29) is 17.9 Å². The van der Waals surface area contributed by atoms with Gasteiger partial charge >= 0.3 is 0 Å². The van der Waals surface area contributed by atoms with Crippen LogP contribution >= 0.6 is 11.3 Å². The SMILES string of the molecule is O=C(CN1CCc2nc(NC(=O)C3CCCO3)sc2C1)NC1CC1. The number of hydrogen-bond acceptors (Lipinski definition) is 6. The average molecular weight is 350 g/mol. The van der Waals surface area contributed by atoms with E-state index in [4.69, 9.17) is 4.74 Å². The van der Waals surface area contributed by atoms with E-state index in [0.29, 0.717) is 24.3 Å². The molecular formula is C16H22N4O3S. The Morgan fingerprint density at radius 3 is 2.96 bits per heavy atom. The zero-order chi connectivity index (χ0) is 16.5. The van der Waals surface area contributed by atoms with Gasteiger partial charge in [0.25, 0.3) is 5.91 Å². The minimum Gasteiger partial charge on any atom is -0.368 e. The van der Waals surface area contributed by atoms with E-state index in [0.717, 1.165) is 55.8 Å². The third-order valence-electron chi connectivity index (χ3n) is 4.57. The number of amides is 2. The second-order valence-corrected chi connectivity index (χ2v) is 7.77. The quantitative estimate of drug-likeness (QED) is 0.824. The van der Waals surface area contributed by atoms with Gasteiger partial charge in [-0.15, -0.1) is 11.3 Å². The second-order valence-electron chi connectivity index (χ2n) is 6.68. The van der Waals surface area contributed by atoms with Crippen molar-refractivity contribution in [3.05, 3.63) is 10.6 Å². The molecule has 1 atom stereocenters. The van der Waals surface area contributed by atoms with Crippen molar-refractivity contribution in [3.8, 4) is 0 Å². The number of thiazole rings is 1. The summed E-state index contributed by atoms with van der Waals surface area (Å²) < 4.78 is 5.40. The first-order valence-electron chi connectivity index (χ1n) is 8.60. The van der Waals surface area contributed by atoms with Gasteiger partial charge in [-0.1, -0.05) is 0 Å². The summed E-state index contributed by atoms with van der Waals surface area (Å²) in [5.41, 5.74) is 1.04. The van der Waals surface area contributed by atoms with Gasteiger partial charge in [0.05, 0.1) is 12.2 Å². The molecule has 3 aliphatic rings. The van der Waals surface area contributed by atoms with Crippen LogP contribution in [0.15, 0.2) is 0 Å². The maximum absolute atomic E-state index is 12.1. The lowest BCUT2D eigenvalue weighted by molar-refractivity contribution is -0.124. The summed E-state index contributed by atoms with van der Waals surface area (Å²) in [6.45, 7) is 2.64. The number of nitrogens with one attached hydrogen (secondary N) is 2. The molecule has 0 spiro atoms. The molecule has 1 aliphatic carbocycles. The first-order valence-corrected chi connectivity index (χ1v) is 9.42. The van der Waals surface area contributed by atoms with Crippen LogP contribution in [0.25, 0.3) is 0 Å². The number of nitrogens with zero attached hydrogens (tertiary/aromatic N) is 2. The molecular weight excluding hydrogens is 328 g/mol. The second kappa shape index (κ2) is 6.78. The Hall–Kier alpha value is -1.51. The number of anilines is 1. The number of carbonyl (C=O) groups excluding carboxylic acids is 2. The van der Waals surface area contributed by atoms with Gasteiger partial charge in [0.15, 0.2) is 5.13 Å². The number of rotatable bonds is 5. The van der Waals surface area contributed by atoms with Gasteiger partial charge < -0.3 is 10.1 Å². The van der Waals surface area contributed by atoms with Crippen LogP contribution < -0.4 is 10.6 Å². The van der Waals surface area contributed by atoms with Gasteiger partial charge in [0, 0.05) is 37.0 Å². The minimum atomic E-state index is -0.339. The Kier molecular flexibility index (Phi) is 4.51. The summed E-state index contributed by atoms with van der Waals surface area (Å²) >= 11 is 1.51. The monoisotopic (exact) mass is 350 g/mol. The largest absolute Gasteiger partial charge is 0.368 e. The van der Waals surface area contributed by atoms with Crippen LogP contribution in [0, 0.1) is 0 Å².